The molecule has 0 radical (unpaired) electrons. The third-order valence-electron chi connectivity index (χ3n) is 3.78. The number of nitrogens with one attached hydrogen (secondary N) is 2. The number of benzene rings is 1. The molecule has 122 valence electrons. The van der Waals surface area contributed by atoms with Crippen LogP contribution in [0.1, 0.15) is 38.4 Å². The van der Waals surface area contributed by atoms with E-state index in [0.29, 0.717) is 10.9 Å². The Morgan fingerprint density at radius 2 is 2.32 bits per heavy atom. The van der Waals surface area contributed by atoms with Crippen molar-refractivity contribution >= 4 is 17.5 Å². The standard InChI is InChI=1S/C17H25ClN2O2/c1-12(2)20-16(21)11-22-17(14-6-4-8-19-10-14)13-5-3-7-15(18)9-13/h3,5,7,9,12,14,17,19H,4,6,8,10-11H2,1-2H3,(H,20,21)/t14-,17?/m1/s1. The van der Waals surface area contributed by atoms with Crippen molar-refractivity contribution in [1.29, 1.82) is 0 Å². The number of piperidine rings is 1. The quantitative estimate of drug-likeness (QED) is 0.846. The Morgan fingerprint density at radius 3 is 2.95 bits per heavy atom. The Morgan fingerprint density at radius 1 is 1.50 bits per heavy atom. The maximum absolute atomic E-state index is 11.9. The van der Waals surface area contributed by atoms with Crippen molar-refractivity contribution in [3.8, 4) is 0 Å². The Balaban J connectivity index is 2.06. The highest BCUT2D eigenvalue weighted by Gasteiger charge is 2.26. The lowest BCUT2D eigenvalue weighted by atomic mass is 9.89. The molecule has 0 bridgehead atoms. The Hall–Kier alpha value is -1.10. The van der Waals surface area contributed by atoms with Crippen LogP contribution in [0.25, 0.3) is 0 Å². The lowest BCUT2D eigenvalue weighted by Gasteiger charge is -2.31. The molecule has 2 N–H and O–H groups in total. The van der Waals surface area contributed by atoms with Crippen LogP contribution in [-0.2, 0) is 9.53 Å². The smallest absolute Gasteiger partial charge is 0.246 e. The van der Waals surface area contributed by atoms with Gasteiger partial charge in [0.2, 0.25) is 5.91 Å². The molecule has 1 unspecified atom stereocenters. The summed E-state index contributed by atoms with van der Waals surface area (Å²) in [5.74, 6) is 0.282. The first-order valence-corrected chi connectivity index (χ1v) is 8.31. The maximum Gasteiger partial charge on any atom is 0.246 e. The molecule has 0 spiro atoms. The third kappa shape index (κ3) is 5.27. The number of hydrogen-bond acceptors (Lipinski definition) is 3. The number of halogens is 1. The molecular weight excluding hydrogens is 300 g/mol. The fourth-order valence-corrected chi connectivity index (χ4v) is 3.05. The molecule has 1 aromatic carbocycles. The molecule has 4 nitrogen and oxygen atoms in total. The first kappa shape index (κ1) is 17.3. The van der Waals surface area contributed by atoms with Gasteiger partial charge in [-0.2, -0.15) is 0 Å². The van der Waals surface area contributed by atoms with Crippen LogP contribution in [0.5, 0.6) is 0 Å². The predicted molar refractivity (Wildman–Crippen MR) is 89.0 cm³/mol. The van der Waals surface area contributed by atoms with Gasteiger partial charge < -0.3 is 15.4 Å². The molecule has 2 atom stereocenters. The highest BCUT2D eigenvalue weighted by atomic mass is 35.5. The summed E-state index contributed by atoms with van der Waals surface area (Å²) in [6.45, 7) is 5.91. The third-order valence-corrected chi connectivity index (χ3v) is 4.02. The van der Waals surface area contributed by atoms with Crippen molar-refractivity contribution in [3.05, 3.63) is 34.9 Å². The highest BCUT2D eigenvalue weighted by molar-refractivity contribution is 6.30. The lowest BCUT2D eigenvalue weighted by Crippen LogP contribution is -2.37. The van der Waals surface area contributed by atoms with Gasteiger partial charge in [-0.25, -0.2) is 0 Å². The fraction of sp³-hybridized carbons (Fsp3) is 0.588. The van der Waals surface area contributed by atoms with Crippen molar-refractivity contribution in [2.45, 2.75) is 38.8 Å². The lowest BCUT2D eigenvalue weighted by molar-refractivity contribution is -0.129. The maximum atomic E-state index is 11.9. The highest BCUT2D eigenvalue weighted by Crippen LogP contribution is 2.31. The molecule has 5 heteroatoms. The topological polar surface area (TPSA) is 50.4 Å². The van der Waals surface area contributed by atoms with Crippen molar-refractivity contribution < 1.29 is 9.53 Å². The monoisotopic (exact) mass is 324 g/mol. The molecule has 1 amide bonds. The second kappa shape index (κ2) is 8.51. The average Bonchev–Trinajstić information content (AvgIpc) is 2.48. The van der Waals surface area contributed by atoms with E-state index in [1.807, 2.05) is 38.1 Å². The summed E-state index contributed by atoms with van der Waals surface area (Å²) in [5.41, 5.74) is 1.04. The van der Waals surface area contributed by atoms with Crippen molar-refractivity contribution in [2.75, 3.05) is 19.7 Å². The van der Waals surface area contributed by atoms with Crippen LogP contribution in [0.4, 0.5) is 0 Å². The molecule has 1 heterocycles. The van der Waals surface area contributed by atoms with Crippen molar-refractivity contribution in [1.82, 2.24) is 10.6 Å². The summed E-state index contributed by atoms with van der Waals surface area (Å²) >= 11 is 6.11. The molecule has 1 aliphatic rings. The number of rotatable bonds is 6. The first-order valence-electron chi connectivity index (χ1n) is 7.93. The first-order chi connectivity index (χ1) is 10.6. The molecule has 0 saturated carbocycles. The normalized spacial score (nSPS) is 19.9. The van der Waals surface area contributed by atoms with Crippen LogP contribution in [0.15, 0.2) is 24.3 Å². The zero-order chi connectivity index (χ0) is 15.9. The zero-order valence-corrected chi connectivity index (χ0v) is 14.0. The number of carbonyl (C=O) groups excluding carboxylic acids is 1. The Bertz CT molecular complexity index is 487. The molecule has 1 saturated heterocycles. The second-order valence-corrected chi connectivity index (χ2v) is 6.55. The van der Waals surface area contributed by atoms with Gasteiger partial charge in [0.1, 0.15) is 6.61 Å². The molecule has 0 aliphatic carbocycles. The van der Waals surface area contributed by atoms with E-state index in [0.717, 1.165) is 31.5 Å². The Kier molecular flexibility index (Phi) is 6.68. The number of amides is 1. The van der Waals surface area contributed by atoms with Gasteiger partial charge in [0, 0.05) is 23.5 Å². The van der Waals surface area contributed by atoms with E-state index >= 15 is 0 Å². The minimum atomic E-state index is -0.107. The van der Waals surface area contributed by atoms with E-state index in [1.54, 1.807) is 0 Å². The summed E-state index contributed by atoms with van der Waals surface area (Å²) in [4.78, 5) is 11.9. The van der Waals surface area contributed by atoms with E-state index in [1.165, 1.54) is 0 Å². The van der Waals surface area contributed by atoms with Gasteiger partial charge in [-0.3, -0.25) is 4.79 Å². The molecule has 1 aromatic rings. The Labute approximate surface area is 137 Å². The molecular formula is C17H25ClN2O2. The molecule has 0 aromatic heterocycles. The molecule has 1 aliphatic heterocycles. The van der Waals surface area contributed by atoms with Crippen molar-refractivity contribution in [2.24, 2.45) is 5.92 Å². The molecule has 22 heavy (non-hydrogen) atoms. The van der Waals surface area contributed by atoms with Crippen LogP contribution < -0.4 is 10.6 Å². The van der Waals surface area contributed by atoms with Crippen LogP contribution in [-0.4, -0.2) is 31.6 Å². The van der Waals surface area contributed by atoms with Crippen LogP contribution in [0.3, 0.4) is 0 Å². The number of ether oxygens (including phenoxy) is 1. The van der Waals surface area contributed by atoms with Gasteiger partial charge in [-0.05, 0) is 50.9 Å². The largest absolute Gasteiger partial charge is 0.363 e. The summed E-state index contributed by atoms with van der Waals surface area (Å²) in [6.07, 6.45) is 2.11. The minimum absolute atomic E-state index is 0.0753. The van der Waals surface area contributed by atoms with E-state index in [-0.39, 0.29) is 24.7 Å². The van der Waals surface area contributed by atoms with Crippen LogP contribution in [0.2, 0.25) is 5.02 Å². The second-order valence-electron chi connectivity index (χ2n) is 6.12. The van der Waals surface area contributed by atoms with Gasteiger partial charge in [0.25, 0.3) is 0 Å². The number of carbonyl (C=O) groups is 1. The van der Waals surface area contributed by atoms with Gasteiger partial charge in [-0.1, -0.05) is 23.7 Å². The minimum Gasteiger partial charge on any atom is -0.363 e. The predicted octanol–water partition coefficient (Wildman–Crippen LogP) is 2.92. The van der Waals surface area contributed by atoms with Gasteiger partial charge in [0.15, 0.2) is 0 Å². The number of hydrogen-bond donors (Lipinski definition) is 2. The van der Waals surface area contributed by atoms with Gasteiger partial charge in [-0.15, -0.1) is 0 Å². The van der Waals surface area contributed by atoms with E-state index < -0.39 is 0 Å². The molecule has 2 rings (SSSR count). The van der Waals surface area contributed by atoms with E-state index in [4.69, 9.17) is 16.3 Å². The van der Waals surface area contributed by atoms with Crippen molar-refractivity contribution in [3.63, 3.8) is 0 Å². The summed E-state index contributed by atoms with van der Waals surface area (Å²) < 4.78 is 5.97. The molecule has 1 fully saturated rings. The van der Waals surface area contributed by atoms with Crippen LogP contribution >= 0.6 is 11.6 Å². The SMILES string of the molecule is CC(C)NC(=O)COC(c1cccc(Cl)c1)[C@@H]1CCCNC1. The fourth-order valence-electron chi connectivity index (χ4n) is 2.85. The summed E-state index contributed by atoms with van der Waals surface area (Å²) in [5, 5.41) is 6.96. The average molecular weight is 325 g/mol. The van der Waals surface area contributed by atoms with Gasteiger partial charge >= 0.3 is 0 Å². The van der Waals surface area contributed by atoms with Gasteiger partial charge in [0.05, 0.1) is 6.10 Å². The van der Waals surface area contributed by atoms with E-state index in [2.05, 4.69) is 10.6 Å². The van der Waals surface area contributed by atoms with E-state index in [9.17, 15) is 4.79 Å². The summed E-state index contributed by atoms with van der Waals surface area (Å²) in [7, 11) is 0. The zero-order valence-electron chi connectivity index (χ0n) is 13.3. The summed E-state index contributed by atoms with van der Waals surface area (Å²) in [6, 6.07) is 7.86. The van der Waals surface area contributed by atoms with Crippen LogP contribution in [0, 0.1) is 5.92 Å².